The van der Waals surface area contributed by atoms with Crippen LogP contribution in [0.25, 0.3) is 10.9 Å². The number of aryl methyl sites for hydroxylation is 1. The maximum atomic E-state index is 12.0. The Morgan fingerprint density at radius 1 is 1.40 bits per heavy atom. The highest BCUT2D eigenvalue weighted by Gasteiger charge is 2.20. The van der Waals surface area contributed by atoms with Gasteiger partial charge in [0, 0.05) is 12.5 Å². The van der Waals surface area contributed by atoms with Crippen molar-refractivity contribution in [2.75, 3.05) is 13.7 Å². The molecule has 2 rings (SSSR count). The number of rotatable bonds is 5. The minimum atomic E-state index is -0.447. The van der Waals surface area contributed by atoms with Gasteiger partial charge in [-0.1, -0.05) is 6.07 Å². The first-order valence-corrected chi connectivity index (χ1v) is 6.26. The molecule has 1 heterocycles. The topological polar surface area (TPSA) is 69.9 Å². The first-order chi connectivity index (χ1) is 9.63. The molecule has 106 valence electrons. The average Bonchev–Trinajstić information content (AvgIpc) is 2.81. The van der Waals surface area contributed by atoms with Crippen LogP contribution in [-0.4, -0.2) is 24.3 Å². The number of benzene rings is 1. The summed E-state index contributed by atoms with van der Waals surface area (Å²) in [7, 11) is 1.52. The summed E-state index contributed by atoms with van der Waals surface area (Å²) in [6, 6.07) is 5.13. The quantitative estimate of drug-likeness (QED) is 0.621. The van der Waals surface area contributed by atoms with Gasteiger partial charge in [0.25, 0.3) is 0 Å². The smallest absolute Gasteiger partial charge is 0.355 e. The average molecular weight is 276 g/mol. The van der Waals surface area contributed by atoms with E-state index in [-0.39, 0.29) is 19.0 Å². The lowest BCUT2D eigenvalue weighted by Gasteiger charge is -2.09. The number of methoxy groups -OCH3 is 1. The van der Waals surface area contributed by atoms with Crippen LogP contribution in [0.3, 0.4) is 0 Å². The van der Waals surface area contributed by atoms with Gasteiger partial charge in [0.1, 0.15) is 18.1 Å². The molecule has 0 unspecified atom stereocenters. The molecule has 0 radical (unpaired) electrons. The molecule has 20 heavy (non-hydrogen) atoms. The summed E-state index contributed by atoms with van der Waals surface area (Å²) in [6.45, 7) is 4.07. The predicted octanol–water partition coefficient (Wildman–Crippen LogP) is 3.13. The highest BCUT2D eigenvalue weighted by atomic mass is 16.5. The lowest BCUT2D eigenvalue weighted by atomic mass is 10.1. The van der Waals surface area contributed by atoms with E-state index in [9.17, 15) is 9.70 Å². The molecule has 0 bridgehead atoms. The minimum Gasteiger partial charge on any atom is -0.461 e. The van der Waals surface area contributed by atoms with E-state index in [4.69, 9.17) is 9.47 Å². The minimum absolute atomic E-state index is 0.142. The summed E-state index contributed by atoms with van der Waals surface area (Å²) < 4.78 is 11.8. The summed E-state index contributed by atoms with van der Waals surface area (Å²) in [5, 5.41) is 3.82. The Hall–Kier alpha value is -2.21. The van der Waals surface area contributed by atoms with Crippen molar-refractivity contribution in [1.29, 1.82) is 0 Å². The van der Waals surface area contributed by atoms with Gasteiger partial charge in [0.2, 0.25) is 0 Å². The van der Waals surface area contributed by atoms with Crippen molar-refractivity contribution in [1.82, 2.24) is 4.57 Å². The Kier molecular flexibility index (Phi) is 4.14. The molecule has 0 N–H and O–H groups in total. The third-order valence-corrected chi connectivity index (χ3v) is 3.10. The fraction of sp³-hybridized carbons (Fsp3) is 0.357. The molecule has 0 saturated heterocycles. The van der Waals surface area contributed by atoms with Gasteiger partial charge < -0.3 is 14.0 Å². The van der Waals surface area contributed by atoms with E-state index in [2.05, 4.69) is 5.18 Å². The Labute approximate surface area is 116 Å². The van der Waals surface area contributed by atoms with Crippen LogP contribution in [0.15, 0.2) is 23.4 Å². The first kappa shape index (κ1) is 14.2. The van der Waals surface area contributed by atoms with Crippen molar-refractivity contribution in [3.8, 4) is 0 Å². The molecule has 6 heteroatoms. The van der Waals surface area contributed by atoms with Gasteiger partial charge in [-0.2, -0.15) is 0 Å². The van der Waals surface area contributed by atoms with Crippen LogP contribution in [0.2, 0.25) is 0 Å². The maximum absolute atomic E-state index is 12.0. The summed E-state index contributed by atoms with van der Waals surface area (Å²) in [5.74, 6) is -0.447. The Morgan fingerprint density at radius 3 is 2.75 bits per heavy atom. The summed E-state index contributed by atoms with van der Waals surface area (Å²) in [6.07, 6.45) is 0. The molecule has 0 aliphatic rings. The third kappa shape index (κ3) is 2.30. The van der Waals surface area contributed by atoms with Crippen molar-refractivity contribution < 1.29 is 14.3 Å². The number of ether oxygens (including phenoxy) is 2. The molecule has 0 spiro atoms. The number of nitroso groups, excluding NO2 is 1. The number of hydrogen-bond donors (Lipinski definition) is 0. The number of nitrogens with zero attached hydrogens (tertiary/aromatic N) is 2. The zero-order valence-electron chi connectivity index (χ0n) is 11.7. The van der Waals surface area contributed by atoms with Crippen molar-refractivity contribution in [3.63, 3.8) is 0 Å². The Bertz CT molecular complexity index is 661. The molecule has 0 amide bonds. The van der Waals surface area contributed by atoms with Crippen LogP contribution in [-0.2, 0) is 16.2 Å². The molecule has 0 aliphatic heterocycles. The molecular weight excluding hydrogens is 260 g/mol. The first-order valence-electron chi connectivity index (χ1n) is 6.26. The number of hydrogen-bond acceptors (Lipinski definition) is 5. The molecule has 1 aromatic carbocycles. The summed E-state index contributed by atoms with van der Waals surface area (Å²) in [4.78, 5) is 23.0. The van der Waals surface area contributed by atoms with Gasteiger partial charge >= 0.3 is 5.97 Å². The van der Waals surface area contributed by atoms with E-state index in [1.165, 1.54) is 7.11 Å². The van der Waals surface area contributed by atoms with E-state index < -0.39 is 5.97 Å². The molecule has 6 nitrogen and oxygen atoms in total. The van der Waals surface area contributed by atoms with Crippen molar-refractivity contribution >= 4 is 22.6 Å². The third-order valence-electron chi connectivity index (χ3n) is 3.10. The number of carbonyl (C=O) groups is 1. The fourth-order valence-corrected chi connectivity index (χ4v) is 2.21. The van der Waals surface area contributed by atoms with Crippen LogP contribution in [0, 0.1) is 11.8 Å². The number of carbonyl (C=O) groups excluding carboxylic acids is 1. The van der Waals surface area contributed by atoms with E-state index in [0.717, 1.165) is 10.9 Å². The summed E-state index contributed by atoms with van der Waals surface area (Å²) in [5.41, 5.74) is 2.17. The van der Waals surface area contributed by atoms with Crippen LogP contribution in [0.1, 0.15) is 23.0 Å². The van der Waals surface area contributed by atoms with Gasteiger partial charge in [-0.25, -0.2) is 4.79 Å². The number of fused-ring (bicyclic) bond motifs is 1. The van der Waals surface area contributed by atoms with Crippen LogP contribution < -0.4 is 0 Å². The second-order valence-corrected chi connectivity index (χ2v) is 4.35. The van der Waals surface area contributed by atoms with Crippen LogP contribution >= 0.6 is 0 Å². The second kappa shape index (κ2) is 5.83. The second-order valence-electron chi connectivity index (χ2n) is 4.35. The zero-order valence-corrected chi connectivity index (χ0v) is 11.7. The molecule has 0 fully saturated rings. The largest absolute Gasteiger partial charge is 0.461 e. The van der Waals surface area contributed by atoms with Crippen molar-refractivity contribution in [2.24, 2.45) is 5.18 Å². The molecule has 2 aromatic rings. The molecule has 0 saturated carbocycles. The zero-order chi connectivity index (χ0) is 14.7. The highest BCUT2D eigenvalue weighted by molar-refractivity contribution is 6.00. The standard InChI is InChI=1S/C14H16N2O4/c1-4-20-14(17)12-7-10-9(2)5-6-11(15-18)13(10)16(12)8-19-3/h5-7H,4,8H2,1-3H3. The SMILES string of the molecule is CCOC(=O)c1cc2c(C)ccc(N=O)c2n1COC. The molecule has 1 aromatic heterocycles. The van der Waals surface area contributed by atoms with Crippen molar-refractivity contribution in [3.05, 3.63) is 34.4 Å². The summed E-state index contributed by atoms with van der Waals surface area (Å²) >= 11 is 0. The highest BCUT2D eigenvalue weighted by Crippen LogP contribution is 2.32. The monoisotopic (exact) mass is 276 g/mol. The lowest BCUT2D eigenvalue weighted by molar-refractivity contribution is 0.0496. The van der Waals surface area contributed by atoms with Gasteiger partial charge in [0.05, 0.1) is 12.1 Å². The van der Waals surface area contributed by atoms with E-state index >= 15 is 0 Å². The Morgan fingerprint density at radius 2 is 2.15 bits per heavy atom. The van der Waals surface area contributed by atoms with Gasteiger partial charge in [-0.15, -0.1) is 4.91 Å². The van der Waals surface area contributed by atoms with E-state index in [0.29, 0.717) is 11.2 Å². The van der Waals surface area contributed by atoms with Crippen molar-refractivity contribution in [2.45, 2.75) is 20.6 Å². The number of aromatic nitrogens is 1. The van der Waals surface area contributed by atoms with Gasteiger partial charge in [-0.05, 0) is 36.7 Å². The molecular formula is C14H16N2O4. The van der Waals surface area contributed by atoms with Gasteiger partial charge in [-0.3, -0.25) is 0 Å². The Balaban J connectivity index is 2.75. The van der Waals surface area contributed by atoms with Gasteiger partial charge in [0.15, 0.2) is 0 Å². The lowest BCUT2D eigenvalue weighted by Crippen LogP contribution is -2.13. The number of esters is 1. The maximum Gasteiger partial charge on any atom is 0.355 e. The van der Waals surface area contributed by atoms with Crippen LogP contribution in [0.5, 0.6) is 0 Å². The van der Waals surface area contributed by atoms with Crippen LogP contribution in [0.4, 0.5) is 5.69 Å². The normalized spacial score (nSPS) is 10.8. The predicted molar refractivity (Wildman–Crippen MR) is 75.1 cm³/mol. The molecule has 0 aliphatic carbocycles. The van der Waals surface area contributed by atoms with E-state index in [1.54, 1.807) is 29.7 Å². The molecule has 0 atom stereocenters. The fourth-order valence-electron chi connectivity index (χ4n) is 2.21. The van der Waals surface area contributed by atoms with E-state index in [1.807, 2.05) is 6.92 Å².